The first kappa shape index (κ1) is 19.5. The van der Waals surface area contributed by atoms with Gasteiger partial charge in [0.25, 0.3) is 0 Å². The highest BCUT2D eigenvalue weighted by molar-refractivity contribution is 5.69. The third kappa shape index (κ3) is 6.28. The van der Waals surface area contributed by atoms with Gasteiger partial charge >= 0.3 is 5.97 Å². The Morgan fingerprint density at radius 3 is 1.75 bits per heavy atom. The molecule has 2 unspecified atom stereocenters. The quantitative estimate of drug-likeness (QED) is 0.547. The van der Waals surface area contributed by atoms with Crippen LogP contribution >= 0.6 is 0 Å². The molecule has 0 radical (unpaired) electrons. The molecule has 0 fully saturated rings. The minimum Gasteiger partial charge on any atom is -0.481 e. The Hall–Kier alpha value is -0.530. The molecule has 0 saturated heterocycles. The second-order valence-corrected chi connectivity index (χ2v) is 8.10. The lowest BCUT2D eigenvalue weighted by Gasteiger charge is -2.44. The fraction of sp³-hybridized carbons (Fsp3) is 0.944. The Bertz CT molecular complexity index is 286. The van der Waals surface area contributed by atoms with Crippen LogP contribution in [0.3, 0.4) is 0 Å². The number of carbonyl (C=O) groups is 1. The van der Waals surface area contributed by atoms with Crippen LogP contribution in [0.15, 0.2) is 0 Å². The number of carboxylic acids is 1. The van der Waals surface area contributed by atoms with Crippen LogP contribution in [-0.2, 0) is 4.79 Å². The third-order valence-corrected chi connectivity index (χ3v) is 5.61. The Balaban J connectivity index is 3.83. The summed E-state index contributed by atoms with van der Waals surface area (Å²) in [6.07, 6.45) is 6.81. The molecule has 0 aromatic carbocycles. The minimum absolute atomic E-state index is 0.186. The molecule has 0 heterocycles. The number of unbranched alkanes of at least 4 members (excludes halogenated alkanes) is 3. The van der Waals surface area contributed by atoms with Gasteiger partial charge < -0.3 is 5.11 Å². The number of rotatable bonds is 9. The normalized spacial score (nSPS) is 15.9. The van der Waals surface area contributed by atoms with Crippen molar-refractivity contribution in [1.82, 2.24) is 0 Å². The first-order valence-corrected chi connectivity index (χ1v) is 8.23. The van der Waals surface area contributed by atoms with Crippen LogP contribution in [-0.4, -0.2) is 11.1 Å². The smallest absolute Gasteiger partial charge is 0.306 e. The summed E-state index contributed by atoms with van der Waals surface area (Å²) in [6.45, 7) is 15.9. The summed E-state index contributed by atoms with van der Waals surface area (Å²) in [7, 11) is 0. The van der Waals surface area contributed by atoms with Gasteiger partial charge in [0.2, 0.25) is 0 Å². The number of hydrogen-bond acceptors (Lipinski definition) is 1. The minimum atomic E-state index is -0.662. The van der Waals surface area contributed by atoms with Gasteiger partial charge in [-0.05, 0) is 23.2 Å². The van der Waals surface area contributed by atoms with Gasteiger partial charge in [-0.3, -0.25) is 4.79 Å². The van der Waals surface area contributed by atoms with Crippen LogP contribution in [0.1, 0.15) is 87.0 Å². The van der Waals surface area contributed by atoms with Crippen LogP contribution in [0.5, 0.6) is 0 Å². The van der Waals surface area contributed by atoms with E-state index in [4.69, 9.17) is 5.11 Å². The van der Waals surface area contributed by atoms with Crippen LogP contribution in [0.25, 0.3) is 0 Å². The zero-order valence-electron chi connectivity index (χ0n) is 14.8. The molecule has 0 rings (SSSR count). The molecule has 20 heavy (non-hydrogen) atoms. The van der Waals surface area contributed by atoms with E-state index >= 15 is 0 Å². The predicted molar refractivity (Wildman–Crippen MR) is 86.9 cm³/mol. The lowest BCUT2D eigenvalue weighted by Crippen LogP contribution is -2.35. The van der Waals surface area contributed by atoms with Crippen molar-refractivity contribution in [3.05, 3.63) is 0 Å². The maximum absolute atomic E-state index is 10.7. The standard InChI is InChI=1S/C18H36O2/c1-14(16(19)20)12-10-8-9-11-13-15(2)18(6,7)17(3,4)5/h14-15H,8-13H2,1-7H3,(H,19,20). The van der Waals surface area contributed by atoms with E-state index in [2.05, 4.69) is 41.5 Å². The van der Waals surface area contributed by atoms with Gasteiger partial charge in [0, 0.05) is 0 Å². The molecule has 0 saturated carbocycles. The van der Waals surface area contributed by atoms with Crippen molar-refractivity contribution in [1.29, 1.82) is 0 Å². The van der Waals surface area contributed by atoms with Crippen molar-refractivity contribution in [3.8, 4) is 0 Å². The van der Waals surface area contributed by atoms with Crippen LogP contribution in [0, 0.1) is 22.7 Å². The Morgan fingerprint density at radius 1 is 0.900 bits per heavy atom. The second kappa shape index (κ2) is 8.05. The molecular weight excluding hydrogens is 248 g/mol. The molecule has 1 N–H and O–H groups in total. The fourth-order valence-corrected chi connectivity index (χ4v) is 2.48. The van der Waals surface area contributed by atoms with Crippen molar-refractivity contribution in [3.63, 3.8) is 0 Å². The SMILES string of the molecule is CC(CCCCCCC(C)C(C)(C)C(C)(C)C)C(=O)O. The number of aliphatic carboxylic acids is 1. The van der Waals surface area contributed by atoms with E-state index in [1.165, 1.54) is 25.7 Å². The molecule has 0 amide bonds. The zero-order valence-corrected chi connectivity index (χ0v) is 14.8. The predicted octanol–water partition coefficient (Wildman–Crippen LogP) is 5.76. The number of carboxylic acid groups (broad SMARTS) is 1. The molecule has 0 aliphatic rings. The van der Waals surface area contributed by atoms with Gasteiger partial charge in [-0.15, -0.1) is 0 Å². The first-order valence-electron chi connectivity index (χ1n) is 8.23. The Kier molecular flexibility index (Phi) is 7.83. The van der Waals surface area contributed by atoms with Crippen molar-refractivity contribution in [2.45, 2.75) is 87.0 Å². The third-order valence-electron chi connectivity index (χ3n) is 5.61. The summed E-state index contributed by atoms with van der Waals surface area (Å²) in [5.41, 5.74) is 0.689. The van der Waals surface area contributed by atoms with Crippen LogP contribution < -0.4 is 0 Å². The average Bonchev–Trinajstić information content (AvgIpc) is 2.31. The molecule has 120 valence electrons. The summed E-state index contributed by atoms with van der Waals surface area (Å²) >= 11 is 0. The molecule has 0 spiro atoms. The molecule has 2 heteroatoms. The molecule has 0 aromatic heterocycles. The average molecular weight is 284 g/mol. The van der Waals surface area contributed by atoms with Crippen LogP contribution in [0.4, 0.5) is 0 Å². The monoisotopic (exact) mass is 284 g/mol. The largest absolute Gasteiger partial charge is 0.481 e. The number of hydrogen-bond donors (Lipinski definition) is 1. The first-order chi connectivity index (χ1) is 9.00. The summed E-state index contributed by atoms with van der Waals surface area (Å²) < 4.78 is 0. The summed E-state index contributed by atoms with van der Waals surface area (Å²) in [5.74, 6) is -0.125. The van der Waals surface area contributed by atoms with Crippen molar-refractivity contribution < 1.29 is 9.90 Å². The van der Waals surface area contributed by atoms with E-state index in [1.807, 2.05) is 0 Å². The maximum Gasteiger partial charge on any atom is 0.306 e. The molecule has 2 nitrogen and oxygen atoms in total. The van der Waals surface area contributed by atoms with Crippen molar-refractivity contribution in [2.24, 2.45) is 22.7 Å². The topological polar surface area (TPSA) is 37.3 Å². The van der Waals surface area contributed by atoms with Gasteiger partial charge in [0.1, 0.15) is 0 Å². The van der Waals surface area contributed by atoms with Gasteiger partial charge in [-0.2, -0.15) is 0 Å². The lowest BCUT2D eigenvalue weighted by atomic mass is 9.61. The highest BCUT2D eigenvalue weighted by Gasteiger charge is 2.36. The second-order valence-electron chi connectivity index (χ2n) is 8.10. The van der Waals surface area contributed by atoms with E-state index in [-0.39, 0.29) is 5.92 Å². The van der Waals surface area contributed by atoms with Gasteiger partial charge in [0.15, 0.2) is 0 Å². The molecule has 2 atom stereocenters. The summed E-state index contributed by atoms with van der Waals surface area (Å²) in [5, 5.41) is 8.82. The lowest BCUT2D eigenvalue weighted by molar-refractivity contribution is -0.141. The highest BCUT2D eigenvalue weighted by atomic mass is 16.4. The fourth-order valence-electron chi connectivity index (χ4n) is 2.48. The van der Waals surface area contributed by atoms with Gasteiger partial charge in [-0.1, -0.05) is 80.6 Å². The molecule has 0 aliphatic heterocycles. The Morgan fingerprint density at radius 2 is 1.35 bits per heavy atom. The van der Waals surface area contributed by atoms with E-state index in [1.54, 1.807) is 6.92 Å². The van der Waals surface area contributed by atoms with Gasteiger partial charge in [-0.25, -0.2) is 0 Å². The van der Waals surface area contributed by atoms with Gasteiger partial charge in [0.05, 0.1) is 5.92 Å². The highest BCUT2D eigenvalue weighted by Crippen LogP contribution is 2.45. The summed E-state index contributed by atoms with van der Waals surface area (Å²) in [4.78, 5) is 10.7. The molecular formula is C18H36O2. The van der Waals surface area contributed by atoms with E-state index < -0.39 is 5.97 Å². The Labute approximate surface area is 126 Å². The van der Waals surface area contributed by atoms with E-state index in [0.717, 1.165) is 18.8 Å². The van der Waals surface area contributed by atoms with Crippen molar-refractivity contribution in [2.75, 3.05) is 0 Å². The zero-order chi connectivity index (χ0) is 16.0. The van der Waals surface area contributed by atoms with Crippen LogP contribution in [0.2, 0.25) is 0 Å². The molecule has 0 aromatic rings. The summed E-state index contributed by atoms with van der Waals surface area (Å²) in [6, 6.07) is 0. The van der Waals surface area contributed by atoms with Crippen molar-refractivity contribution >= 4 is 5.97 Å². The van der Waals surface area contributed by atoms with E-state index in [0.29, 0.717) is 10.8 Å². The molecule has 0 aliphatic carbocycles. The maximum atomic E-state index is 10.7. The van der Waals surface area contributed by atoms with E-state index in [9.17, 15) is 4.79 Å². The molecule has 0 bridgehead atoms.